The normalized spacial score (nSPS) is 18.0. The monoisotopic (exact) mass is 561 g/mol. The Kier molecular flexibility index (Phi) is 3.93. The Labute approximate surface area is 56.6 Å². The molecule has 0 saturated heterocycles. The quantitative estimate of drug-likeness (QED) is 0.373. The van der Waals surface area contributed by atoms with E-state index in [1.165, 1.54) is 0 Å². The molecule has 0 rings (SSSR count). The zero-order valence-electron chi connectivity index (χ0n) is 2.97. The van der Waals surface area contributed by atoms with Gasteiger partial charge in [-0.05, 0) is 0 Å². The molecule has 0 aromatic heterocycles. The molecule has 0 fully saturated rings. The van der Waals surface area contributed by atoms with Crippen molar-refractivity contribution in [3.63, 3.8) is 0 Å². The summed E-state index contributed by atoms with van der Waals surface area (Å²) in [6, 6.07) is 0. The Balaban J connectivity index is 4.43. The first-order valence-electron chi connectivity index (χ1n) is 1.60. The molecule has 0 unspecified atom stereocenters. The third-order valence-electron chi connectivity index (χ3n) is 0. The summed E-state index contributed by atoms with van der Waals surface area (Å²) in [6.45, 7) is 0. The minimum atomic E-state index is -3.57. The fourth-order valence-electron chi connectivity index (χ4n) is 0. The zero-order valence-corrected chi connectivity index (χ0v) is 16.0. The van der Waals surface area contributed by atoms with Crippen LogP contribution in [0.25, 0.3) is 0 Å². The van der Waals surface area contributed by atoms with Crippen LogP contribution in [0.1, 0.15) is 0 Å². The molecule has 0 aliphatic heterocycles. The van der Waals surface area contributed by atoms with Crippen LogP contribution < -0.4 is 0 Å². The average Bonchev–Trinajstić information content (AvgIpc) is 0.592. The minimum absolute atomic E-state index is 3.38. The second kappa shape index (κ2) is 2.42. The van der Waals surface area contributed by atoms with Gasteiger partial charge in [0.05, 0.1) is 0 Å². The zero-order chi connectivity index (χ0) is 6.41. The summed E-state index contributed by atoms with van der Waals surface area (Å²) in [6.07, 6.45) is 0. The molecule has 0 amide bonds. The van der Waals surface area contributed by atoms with Crippen LogP contribution >= 0.6 is 47.7 Å². The molecular formula is Br6Sr. The van der Waals surface area contributed by atoms with Gasteiger partial charge in [-0.25, -0.2) is 0 Å². The van der Waals surface area contributed by atoms with Crippen LogP contribution in [0.3, 0.4) is 0 Å². The number of halogens is 6. The predicted octanol–water partition coefficient (Wildman–Crippen LogP) is 4.69. The van der Waals surface area contributed by atoms with Crippen molar-refractivity contribution in [2.75, 3.05) is 0 Å². The van der Waals surface area contributed by atoms with Gasteiger partial charge in [0, 0.05) is 0 Å². The van der Waals surface area contributed by atoms with Gasteiger partial charge in [-0.2, -0.15) is 0 Å². The van der Waals surface area contributed by atoms with Gasteiger partial charge in [0.25, 0.3) is 0 Å². The fourth-order valence-corrected chi connectivity index (χ4v) is 0. The molecule has 0 spiro atoms. The number of rotatable bonds is 0. The summed E-state index contributed by atoms with van der Waals surface area (Å²) in [5, 5.41) is 0. The molecule has 0 aromatic rings. The van der Waals surface area contributed by atoms with E-state index in [9.17, 15) is 0 Å². The van der Waals surface area contributed by atoms with Crippen molar-refractivity contribution in [2.45, 2.75) is 0 Å². The molecule has 0 radical (unpaired) electrons. The SMILES string of the molecule is [Br][Sr]([Br])([Br])([Br])([Br])[Br]. The van der Waals surface area contributed by atoms with Crippen LogP contribution in [0, 0.1) is 0 Å². The summed E-state index contributed by atoms with van der Waals surface area (Å²) in [5.41, 5.74) is 0. The van der Waals surface area contributed by atoms with Crippen molar-refractivity contribution in [2.24, 2.45) is 0 Å². The molecule has 0 N–H and O–H groups in total. The van der Waals surface area contributed by atoms with Gasteiger partial charge in [0.1, 0.15) is 0 Å². The first kappa shape index (κ1) is 11.4. The molecular weight excluding hydrogens is 567 g/mol. The Hall–Kier alpha value is 4.36. The van der Waals surface area contributed by atoms with Crippen molar-refractivity contribution in [3.8, 4) is 0 Å². The topological polar surface area (TPSA) is 0 Å². The molecule has 0 heterocycles. The third kappa shape index (κ3) is 38.1. The van der Waals surface area contributed by atoms with E-state index in [0.717, 1.165) is 0 Å². The van der Waals surface area contributed by atoms with E-state index in [1.54, 1.807) is 0 Å². The first-order valence-corrected chi connectivity index (χ1v) is 49.3. The first-order chi connectivity index (χ1) is 2.45. The summed E-state index contributed by atoms with van der Waals surface area (Å²) in [7, 11) is 20.3. The molecule has 0 aromatic carbocycles. The molecule has 0 bridgehead atoms. The van der Waals surface area contributed by atoms with Gasteiger partial charge in [-0.3, -0.25) is 0 Å². The Bertz CT molecular complexity index is 62.7. The molecule has 44 valence electrons. The van der Waals surface area contributed by atoms with Gasteiger partial charge in [0.15, 0.2) is 0 Å². The van der Waals surface area contributed by atoms with Gasteiger partial charge in [-0.15, -0.1) is 0 Å². The number of hydrogen-bond acceptors (Lipinski definition) is 0. The maximum absolute atomic E-state index is 3.57. The predicted molar refractivity (Wildman–Crippen MR) is 59.3 cm³/mol. The number of hydrogen-bond donors (Lipinski definition) is 0. The molecule has 0 aliphatic carbocycles. The standard InChI is InChI=1S/6BrH.Sr/h6*1H;/q;;;;;;+6/p-6. The second-order valence-corrected chi connectivity index (χ2v) is 242. The van der Waals surface area contributed by atoms with Gasteiger partial charge >= 0.3 is 60.1 Å². The van der Waals surface area contributed by atoms with Crippen molar-refractivity contribution < 1.29 is 0 Å². The Morgan fingerprint density at radius 2 is 0.571 bits per heavy atom. The van der Waals surface area contributed by atoms with E-state index >= 15 is 0 Å². The Morgan fingerprint density at radius 1 is 0.571 bits per heavy atom. The van der Waals surface area contributed by atoms with Crippen LogP contribution in [0.5, 0.6) is 0 Å². The van der Waals surface area contributed by atoms with E-state index in [1.807, 2.05) is 0 Å². The fraction of sp³-hybridized carbons (Fsp3) is 0. The Morgan fingerprint density at radius 3 is 0.571 bits per heavy atom. The van der Waals surface area contributed by atoms with Crippen LogP contribution in [0.15, 0.2) is 0 Å². The summed E-state index contributed by atoms with van der Waals surface area (Å²) in [5.74, 6) is 0. The van der Waals surface area contributed by atoms with Crippen molar-refractivity contribution in [3.05, 3.63) is 0 Å². The van der Waals surface area contributed by atoms with Gasteiger partial charge in [0.2, 0.25) is 0 Å². The van der Waals surface area contributed by atoms with Crippen molar-refractivity contribution >= 4 is 60.1 Å². The molecule has 7 heavy (non-hydrogen) atoms. The summed E-state index contributed by atoms with van der Waals surface area (Å²) in [4.78, 5) is 0. The maximum atomic E-state index is 3.38. The van der Waals surface area contributed by atoms with Crippen LogP contribution in [0.4, 0.5) is 0 Å². The summed E-state index contributed by atoms with van der Waals surface area (Å²) < 4.78 is 0. The molecule has 0 atom stereocenters. The van der Waals surface area contributed by atoms with Crippen LogP contribution in [-0.4, -0.2) is 12.4 Å². The van der Waals surface area contributed by atoms with Gasteiger partial charge in [-0.1, -0.05) is 0 Å². The average molecular weight is 567 g/mol. The molecule has 0 nitrogen and oxygen atoms in total. The third-order valence-corrected chi connectivity index (χ3v) is 0. The van der Waals surface area contributed by atoms with Crippen LogP contribution in [-0.2, 0) is 0 Å². The van der Waals surface area contributed by atoms with Crippen LogP contribution in [0.2, 0.25) is 0 Å². The van der Waals surface area contributed by atoms with Crippen molar-refractivity contribution in [1.82, 2.24) is 0 Å². The van der Waals surface area contributed by atoms with E-state index in [4.69, 9.17) is 0 Å². The van der Waals surface area contributed by atoms with E-state index < -0.39 is 12.4 Å². The molecule has 0 saturated carbocycles. The van der Waals surface area contributed by atoms with Crippen molar-refractivity contribution in [1.29, 1.82) is 0 Å². The summed E-state index contributed by atoms with van der Waals surface area (Å²) >= 11 is -3.57. The van der Waals surface area contributed by atoms with E-state index in [0.29, 0.717) is 0 Å². The molecule has 0 aliphatic rings. The van der Waals surface area contributed by atoms with E-state index in [-0.39, 0.29) is 0 Å². The van der Waals surface area contributed by atoms with Gasteiger partial charge < -0.3 is 0 Å². The second-order valence-electron chi connectivity index (χ2n) is 1.52. The van der Waals surface area contributed by atoms with E-state index in [2.05, 4.69) is 47.7 Å². The molecule has 7 heteroatoms.